The molecule has 244 valence electrons. The molecule has 48 heavy (non-hydrogen) atoms. The van der Waals surface area contributed by atoms with E-state index in [1.807, 2.05) is 24.3 Å². The van der Waals surface area contributed by atoms with E-state index in [4.69, 9.17) is 0 Å². The van der Waals surface area contributed by atoms with Crippen molar-refractivity contribution in [1.82, 2.24) is 19.9 Å². The molecule has 8 nitrogen and oxygen atoms in total. The van der Waals surface area contributed by atoms with E-state index in [2.05, 4.69) is 101 Å². The van der Waals surface area contributed by atoms with Gasteiger partial charge in [-0.3, -0.25) is 19.6 Å². The minimum absolute atomic E-state index is 0.110. The number of amides is 2. The van der Waals surface area contributed by atoms with Crippen LogP contribution in [0.2, 0.25) is 0 Å². The normalized spacial score (nSPS) is 13.1. The zero-order valence-electron chi connectivity index (χ0n) is 28.1. The molecule has 0 bridgehead atoms. The number of carbonyl (C=O) groups is 1. The molecule has 0 saturated carbocycles. The number of pyridine rings is 3. The molecule has 5 aromatic rings. The second-order valence-corrected chi connectivity index (χ2v) is 13.0. The molecule has 1 aliphatic rings. The van der Waals surface area contributed by atoms with Gasteiger partial charge in [0.15, 0.2) is 0 Å². The average Bonchev–Trinajstić information content (AvgIpc) is 3.61. The SMILES string of the molecule is CC(C)c1cc(-c2cccc(C#CCN3CCCC3)c2)cc(C(C)C)c1NC(=O)N(Cc1ccccn1)c1cc2cccnc2[nH]c1=O. The largest absolute Gasteiger partial charge is 0.326 e. The lowest BCUT2D eigenvalue weighted by Gasteiger charge is -2.26. The van der Waals surface area contributed by atoms with Crippen LogP contribution in [0.15, 0.2) is 90.0 Å². The Morgan fingerprint density at radius 3 is 2.35 bits per heavy atom. The zero-order chi connectivity index (χ0) is 33.6. The molecule has 2 amide bonds. The van der Waals surface area contributed by atoms with Gasteiger partial charge in [0, 0.05) is 29.0 Å². The maximum absolute atomic E-state index is 14.4. The van der Waals surface area contributed by atoms with E-state index in [9.17, 15) is 9.59 Å². The van der Waals surface area contributed by atoms with Crippen molar-refractivity contribution < 1.29 is 4.79 Å². The van der Waals surface area contributed by atoms with Crippen LogP contribution in [0, 0.1) is 11.8 Å². The fourth-order valence-corrected chi connectivity index (χ4v) is 6.20. The van der Waals surface area contributed by atoms with E-state index >= 15 is 0 Å². The Hall–Kier alpha value is -5.26. The van der Waals surface area contributed by atoms with Gasteiger partial charge < -0.3 is 10.3 Å². The molecule has 1 saturated heterocycles. The van der Waals surface area contributed by atoms with E-state index in [1.165, 1.54) is 17.7 Å². The number of H-pyrrole nitrogens is 1. The number of hydrogen-bond acceptors (Lipinski definition) is 5. The van der Waals surface area contributed by atoms with Crippen molar-refractivity contribution in [1.29, 1.82) is 0 Å². The van der Waals surface area contributed by atoms with Crippen LogP contribution in [-0.4, -0.2) is 45.5 Å². The van der Waals surface area contributed by atoms with Crippen molar-refractivity contribution in [2.45, 2.75) is 58.9 Å². The first-order chi connectivity index (χ1) is 23.3. The fraction of sp³-hybridized carbons (Fsp3) is 0.300. The number of likely N-dealkylation sites (tertiary alicyclic amines) is 1. The Balaban J connectivity index is 1.37. The zero-order valence-corrected chi connectivity index (χ0v) is 28.1. The van der Waals surface area contributed by atoms with Gasteiger partial charge in [0.05, 0.1) is 18.8 Å². The minimum Gasteiger partial charge on any atom is -0.307 e. The van der Waals surface area contributed by atoms with Gasteiger partial charge in [-0.05, 0) is 115 Å². The van der Waals surface area contributed by atoms with Crippen molar-refractivity contribution in [3.63, 3.8) is 0 Å². The van der Waals surface area contributed by atoms with Crippen LogP contribution in [0.25, 0.3) is 22.2 Å². The van der Waals surface area contributed by atoms with Crippen molar-refractivity contribution in [2.24, 2.45) is 0 Å². The van der Waals surface area contributed by atoms with Crippen LogP contribution in [0.1, 0.15) is 74.8 Å². The molecule has 0 spiro atoms. The number of hydrogen-bond donors (Lipinski definition) is 2. The molecule has 0 atom stereocenters. The van der Waals surface area contributed by atoms with Crippen LogP contribution in [0.3, 0.4) is 0 Å². The highest BCUT2D eigenvalue weighted by Crippen LogP contribution is 2.38. The highest BCUT2D eigenvalue weighted by Gasteiger charge is 2.25. The maximum atomic E-state index is 14.4. The van der Waals surface area contributed by atoms with E-state index in [0.717, 1.165) is 58.5 Å². The summed E-state index contributed by atoms with van der Waals surface area (Å²) in [6.45, 7) is 11.7. The first-order valence-electron chi connectivity index (χ1n) is 16.7. The summed E-state index contributed by atoms with van der Waals surface area (Å²) >= 11 is 0. The predicted molar refractivity (Wildman–Crippen MR) is 194 cm³/mol. The summed E-state index contributed by atoms with van der Waals surface area (Å²) in [7, 11) is 0. The van der Waals surface area contributed by atoms with Gasteiger partial charge >= 0.3 is 6.03 Å². The molecule has 0 radical (unpaired) electrons. The summed E-state index contributed by atoms with van der Waals surface area (Å²) < 4.78 is 0. The highest BCUT2D eigenvalue weighted by molar-refractivity contribution is 6.03. The number of aromatic amines is 1. The Morgan fingerprint density at radius 1 is 0.896 bits per heavy atom. The molecule has 2 aromatic carbocycles. The lowest BCUT2D eigenvalue weighted by atomic mass is 9.88. The van der Waals surface area contributed by atoms with Gasteiger partial charge in [-0.25, -0.2) is 9.78 Å². The van der Waals surface area contributed by atoms with Crippen molar-refractivity contribution in [2.75, 3.05) is 29.9 Å². The number of anilines is 2. The van der Waals surface area contributed by atoms with Gasteiger partial charge in [-0.2, -0.15) is 0 Å². The Labute approximate surface area is 282 Å². The number of carbonyl (C=O) groups excluding carboxylic acids is 1. The molecule has 2 N–H and O–H groups in total. The lowest BCUT2D eigenvalue weighted by molar-refractivity contribution is 0.256. The number of nitrogens with zero attached hydrogens (tertiary/aromatic N) is 4. The molecule has 1 aliphatic heterocycles. The van der Waals surface area contributed by atoms with Crippen molar-refractivity contribution in [3.8, 4) is 23.0 Å². The van der Waals surface area contributed by atoms with Gasteiger partial charge in [0.1, 0.15) is 11.3 Å². The Bertz CT molecular complexity index is 2010. The number of nitrogens with one attached hydrogen (secondary N) is 2. The van der Waals surface area contributed by atoms with E-state index in [0.29, 0.717) is 11.3 Å². The van der Waals surface area contributed by atoms with Gasteiger partial charge in [-0.1, -0.05) is 57.7 Å². The van der Waals surface area contributed by atoms with Crippen LogP contribution < -0.4 is 15.8 Å². The molecule has 1 fully saturated rings. The predicted octanol–water partition coefficient (Wildman–Crippen LogP) is 7.92. The van der Waals surface area contributed by atoms with Crippen LogP contribution in [-0.2, 0) is 6.54 Å². The molecule has 0 unspecified atom stereocenters. The lowest BCUT2D eigenvalue weighted by Crippen LogP contribution is -2.38. The summed E-state index contributed by atoms with van der Waals surface area (Å²) in [6.07, 6.45) is 5.82. The molecule has 0 aliphatic carbocycles. The maximum Gasteiger partial charge on any atom is 0.326 e. The first kappa shape index (κ1) is 32.7. The molecule has 6 rings (SSSR count). The number of fused-ring (bicyclic) bond motifs is 1. The fourth-order valence-electron chi connectivity index (χ4n) is 6.20. The smallest absolute Gasteiger partial charge is 0.307 e. The highest BCUT2D eigenvalue weighted by atomic mass is 16.2. The monoisotopic (exact) mass is 638 g/mol. The quantitative estimate of drug-likeness (QED) is 0.169. The standard InChI is InChI=1S/C40H42N6O2/c1-27(2)34-23-32(30-14-9-12-29(22-30)13-11-21-45-19-7-8-20-45)24-35(28(3)4)37(34)43-40(48)46(26-33-16-5-6-17-41-33)36-25-31-15-10-18-42-38(31)44-39(36)47/h5-6,9-10,12,14-18,22-25,27-28H,7-8,19-21,26H2,1-4H3,(H,43,48)(H,42,44,47). The Kier molecular flexibility index (Phi) is 9.98. The van der Waals surface area contributed by atoms with Crippen LogP contribution >= 0.6 is 0 Å². The molecule has 8 heteroatoms. The second kappa shape index (κ2) is 14.7. The van der Waals surface area contributed by atoms with E-state index < -0.39 is 11.6 Å². The molecular weight excluding hydrogens is 596 g/mol. The van der Waals surface area contributed by atoms with E-state index in [-0.39, 0.29) is 24.1 Å². The number of aromatic nitrogens is 3. The molecule has 4 heterocycles. The van der Waals surface area contributed by atoms with Crippen LogP contribution in [0.4, 0.5) is 16.2 Å². The summed E-state index contributed by atoms with van der Waals surface area (Å²) in [5.41, 5.74) is 6.88. The van der Waals surface area contributed by atoms with E-state index in [1.54, 1.807) is 24.5 Å². The third-order valence-corrected chi connectivity index (χ3v) is 8.78. The third kappa shape index (κ3) is 7.48. The average molecular weight is 639 g/mol. The van der Waals surface area contributed by atoms with Gasteiger partial charge in [0.2, 0.25) is 0 Å². The molecular formula is C40H42N6O2. The summed E-state index contributed by atoms with van der Waals surface area (Å²) in [4.78, 5) is 43.2. The first-order valence-corrected chi connectivity index (χ1v) is 16.7. The number of rotatable bonds is 8. The number of benzene rings is 2. The van der Waals surface area contributed by atoms with Crippen molar-refractivity contribution in [3.05, 3.63) is 118 Å². The van der Waals surface area contributed by atoms with Crippen molar-refractivity contribution >= 4 is 28.4 Å². The minimum atomic E-state index is -0.416. The molecule has 3 aromatic heterocycles. The van der Waals surface area contributed by atoms with Gasteiger partial charge in [0.25, 0.3) is 5.56 Å². The summed E-state index contributed by atoms with van der Waals surface area (Å²) in [5.74, 6) is 6.95. The summed E-state index contributed by atoms with van der Waals surface area (Å²) in [6, 6.07) is 23.2. The van der Waals surface area contributed by atoms with Gasteiger partial charge in [-0.15, -0.1) is 0 Å². The second-order valence-electron chi connectivity index (χ2n) is 13.0. The summed E-state index contributed by atoms with van der Waals surface area (Å²) in [5, 5.41) is 3.97. The number of urea groups is 1. The van der Waals surface area contributed by atoms with Crippen LogP contribution in [0.5, 0.6) is 0 Å². The third-order valence-electron chi connectivity index (χ3n) is 8.78. The topological polar surface area (TPSA) is 94.2 Å². The Morgan fingerprint density at radius 2 is 1.65 bits per heavy atom.